The van der Waals surface area contributed by atoms with Crippen molar-refractivity contribution < 1.29 is 30.0 Å². The Morgan fingerprint density at radius 2 is 0.500 bits per heavy atom. The highest BCUT2D eigenvalue weighted by Gasteiger charge is 2.26. The van der Waals surface area contributed by atoms with Crippen LogP contribution in [0.2, 0.25) is 0 Å². The first-order valence-corrected chi connectivity index (χ1v) is 26.1. The molecule has 0 amide bonds. The van der Waals surface area contributed by atoms with E-state index in [0.717, 1.165) is 66.8 Å². The van der Waals surface area contributed by atoms with E-state index >= 15 is 0 Å². The maximum absolute atomic E-state index is 12.9. The monoisotopic (exact) mass is 1030 g/mol. The van der Waals surface area contributed by atoms with E-state index in [1.165, 1.54) is 12.1 Å². The van der Waals surface area contributed by atoms with Gasteiger partial charge in [0, 0.05) is 21.9 Å². The van der Waals surface area contributed by atoms with Gasteiger partial charge in [-0.25, -0.2) is 19.6 Å². The Hall–Kier alpha value is -11.0. The minimum Gasteiger partial charge on any atom is -0.493 e. The number of aliphatic imine (C=N–C) groups is 2. The summed E-state index contributed by atoms with van der Waals surface area (Å²) in [5.41, 5.74) is 12.7. The molecule has 13 aromatic rings. The molecule has 0 radical (unpaired) electrons. The van der Waals surface area contributed by atoms with Crippen LogP contribution in [0.25, 0.3) is 110 Å². The van der Waals surface area contributed by atoms with Crippen LogP contribution in [0, 0.1) is 0 Å². The fraction of sp³-hybridized carbons (Fsp3) is 0. The van der Waals surface area contributed by atoms with Gasteiger partial charge in [-0.2, -0.15) is 0 Å². The molecule has 13 aromatic carbocycles. The van der Waals surface area contributed by atoms with Crippen molar-refractivity contribution in [3.8, 4) is 66.8 Å². The molecule has 13 rings (SSSR count). The standard InChI is InChI=1S/C72H46N2O6/c75-69(73-49-39-59(43-19-7-1-8-20-43)63(47-27-15-5-16-28-47)60(40-49)44-21-9-2-10-22-44)55-35-31-51-53-33-37-57(71(77)78)68-58(72(79)80)38-34-54(66(53)68)52-32-36-56(67(55)65(51)52)70(76)74-50-41-61(45-23-11-3-12-24-45)64(48-29-17-6-18-30-48)62(42-50)46-25-13-4-14-26-46/h1-42H,(H,73,75)(H,74,76)(H,77,78)(H,79,80). The predicted molar refractivity (Wildman–Crippen MR) is 325 cm³/mol. The molecule has 0 aliphatic carbocycles. The number of aliphatic hydroxyl groups is 2. The van der Waals surface area contributed by atoms with Gasteiger partial charge in [-0.3, -0.25) is 0 Å². The number of hydrogen-bond donors (Lipinski definition) is 4. The second-order valence-electron chi connectivity index (χ2n) is 19.7. The number of hydrogen-bond acceptors (Lipinski definition) is 4. The summed E-state index contributed by atoms with van der Waals surface area (Å²) in [5.74, 6) is -3.19. The number of benzene rings is 13. The summed E-state index contributed by atoms with van der Waals surface area (Å²) >= 11 is 0. The van der Waals surface area contributed by atoms with Crippen LogP contribution < -0.4 is 0 Å². The fourth-order valence-electron chi connectivity index (χ4n) is 11.6. The molecule has 0 bridgehead atoms. The highest BCUT2D eigenvalue weighted by molar-refractivity contribution is 6.38. The maximum Gasteiger partial charge on any atom is 0.336 e. The van der Waals surface area contributed by atoms with Crippen molar-refractivity contribution in [3.05, 3.63) is 277 Å². The summed E-state index contributed by atoms with van der Waals surface area (Å²) in [7, 11) is 0. The summed E-state index contributed by atoms with van der Waals surface area (Å²) in [4.78, 5) is 35.8. The molecule has 0 heterocycles. The number of aromatic carboxylic acids is 2. The van der Waals surface area contributed by atoms with Crippen LogP contribution in [-0.4, -0.2) is 44.2 Å². The number of carboxylic acid groups (broad SMARTS) is 2. The van der Waals surface area contributed by atoms with E-state index in [1.807, 2.05) is 146 Å². The Balaban J connectivity index is 1.10. The Morgan fingerprint density at radius 1 is 0.263 bits per heavy atom. The molecule has 80 heavy (non-hydrogen) atoms. The normalized spacial score (nSPS) is 11.9. The number of rotatable bonds is 12. The lowest BCUT2D eigenvalue weighted by Crippen LogP contribution is -2.08. The smallest absolute Gasteiger partial charge is 0.336 e. The molecule has 0 aliphatic rings. The van der Waals surface area contributed by atoms with Crippen molar-refractivity contribution >= 4 is 78.2 Å². The van der Waals surface area contributed by atoms with Crippen LogP contribution in [0.4, 0.5) is 11.4 Å². The summed E-state index contributed by atoms with van der Waals surface area (Å²) in [6.45, 7) is 0. The summed E-state index contributed by atoms with van der Waals surface area (Å²) in [5, 5.41) is 50.7. The van der Waals surface area contributed by atoms with Gasteiger partial charge in [0.2, 0.25) is 11.8 Å². The SMILES string of the molecule is O=C(O)c1ccc2c3ccc(C(O)=Nc4cc(-c5ccccc5)c(-c5ccccc5)c(-c5ccccc5)c4)c4c(C(O)=Nc5cc(-c6ccccc6)c(-c6ccccc6)c(-c6ccccc6)c5)ccc(c5ccc(C(=O)O)c1c25)c43. The molecule has 0 fully saturated rings. The minimum absolute atomic E-state index is 0.102. The molecular weight excluding hydrogens is 989 g/mol. The first kappa shape index (κ1) is 48.7. The molecule has 8 heteroatoms. The van der Waals surface area contributed by atoms with E-state index in [-0.39, 0.29) is 39.4 Å². The van der Waals surface area contributed by atoms with E-state index in [2.05, 4.69) is 72.8 Å². The van der Waals surface area contributed by atoms with Crippen molar-refractivity contribution in [2.75, 3.05) is 0 Å². The second kappa shape index (κ2) is 20.2. The number of nitrogens with zero attached hydrogens (tertiary/aromatic N) is 2. The van der Waals surface area contributed by atoms with Gasteiger partial charge >= 0.3 is 11.9 Å². The summed E-state index contributed by atoms with van der Waals surface area (Å²) < 4.78 is 0. The molecule has 4 N–H and O–H groups in total. The number of fused-ring (bicyclic) bond motifs is 2. The first-order valence-electron chi connectivity index (χ1n) is 26.1. The van der Waals surface area contributed by atoms with Gasteiger partial charge in [0.25, 0.3) is 0 Å². The van der Waals surface area contributed by atoms with Crippen molar-refractivity contribution in [1.29, 1.82) is 0 Å². The Morgan fingerprint density at radius 3 is 0.762 bits per heavy atom. The molecule has 0 unspecified atom stereocenters. The average molecular weight is 1040 g/mol. The van der Waals surface area contributed by atoms with E-state index in [1.54, 1.807) is 24.3 Å². The second-order valence-corrected chi connectivity index (χ2v) is 19.7. The van der Waals surface area contributed by atoms with E-state index in [9.17, 15) is 30.0 Å². The van der Waals surface area contributed by atoms with Gasteiger partial charge in [0.1, 0.15) is 0 Å². The maximum atomic E-state index is 12.9. The molecule has 0 aliphatic heterocycles. The minimum atomic E-state index is -1.26. The Labute approximate surface area is 459 Å². The molecule has 380 valence electrons. The third-order valence-electron chi connectivity index (χ3n) is 15.0. The lowest BCUT2D eigenvalue weighted by molar-refractivity contribution is 0.0695. The largest absolute Gasteiger partial charge is 0.493 e. The van der Waals surface area contributed by atoms with Gasteiger partial charge in [-0.1, -0.05) is 206 Å². The van der Waals surface area contributed by atoms with Crippen LogP contribution in [0.5, 0.6) is 0 Å². The highest BCUT2D eigenvalue weighted by atomic mass is 16.4. The topological polar surface area (TPSA) is 140 Å². The lowest BCUT2D eigenvalue weighted by Gasteiger charge is -2.20. The van der Waals surface area contributed by atoms with E-state index in [4.69, 9.17) is 9.98 Å². The van der Waals surface area contributed by atoms with Crippen LogP contribution in [0.1, 0.15) is 31.8 Å². The number of carboxylic acids is 2. The van der Waals surface area contributed by atoms with Crippen LogP contribution in [0.3, 0.4) is 0 Å². The lowest BCUT2D eigenvalue weighted by atomic mass is 9.84. The van der Waals surface area contributed by atoms with Crippen LogP contribution in [0.15, 0.2) is 265 Å². The van der Waals surface area contributed by atoms with Crippen molar-refractivity contribution in [3.63, 3.8) is 0 Å². The Bertz CT molecular complexity index is 4210. The molecule has 0 saturated heterocycles. The highest BCUT2D eigenvalue weighted by Crippen LogP contribution is 2.48. The van der Waals surface area contributed by atoms with Crippen LogP contribution >= 0.6 is 0 Å². The van der Waals surface area contributed by atoms with Gasteiger partial charge in [-0.15, -0.1) is 0 Å². The summed E-state index contributed by atoms with van der Waals surface area (Å²) in [6.07, 6.45) is 0. The number of aliphatic hydroxyl groups excluding tert-OH is 2. The third kappa shape index (κ3) is 8.54. The first-order chi connectivity index (χ1) is 39.2. The van der Waals surface area contributed by atoms with Crippen molar-refractivity contribution in [2.24, 2.45) is 9.98 Å². The third-order valence-corrected chi connectivity index (χ3v) is 15.0. The molecular formula is C72H46N2O6. The average Bonchev–Trinajstić information content (AvgIpc) is 3.53. The Kier molecular flexibility index (Phi) is 12.3. The van der Waals surface area contributed by atoms with Crippen LogP contribution in [-0.2, 0) is 0 Å². The van der Waals surface area contributed by atoms with E-state index < -0.39 is 11.9 Å². The quantitative estimate of drug-likeness (QED) is 0.0416. The molecule has 0 spiro atoms. The molecule has 0 aromatic heterocycles. The predicted octanol–water partition coefficient (Wildman–Crippen LogP) is 18.4. The fourth-order valence-corrected chi connectivity index (χ4v) is 11.6. The van der Waals surface area contributed by atoms with Crippen molar-refractivity contribution in [1.82, 2.24) is 0 Å². The van der Waals surface area contributed by atoms with Gasteiger partial charge < -0.3 is 20.4 Å². The van der Waals surface area contributed by atoms with Gasteiger partial charge in [0.05, 0.1) is 22.5 Å². The van der Waals surface area contributed by atoms with E-state index in [0.29, 0.717) is 49.1 Å². The molecule has 0 atom stereocenters. The van der Waals surface area contributed by atoms with Gasteiger partial charge in [-0.05, 0) is 148 Å². The van der Waals surface area contributed by atoms with Crippen molar-refractivity contribution in [2.45, 2.75) is 0 Å². The van der Waals surface area contributed by atoms with Gasteiger partial charge in [0.15, 0.2) is 0 Å². The number of carbonyl (C=O) groups is 2. The zero-order valence-corrected chi connectivity index (χ0v) is 42.7. The molecule has 0 saturated carbocycles. The molecule has 8 nitrogen and oxygen atoms in total. The summed E-state index contributed by atoms with van der Waals surface area (Å²) in [6, 6.07) is 82.1. The zero-order valence-electron chi connectivity index (χ0n) is 42.7. The zero-order chi connectivity index (χ0) is 54.4.